The van der Waals surface area contributed by atoms with Crippen molar-refractivity contribution in [2.24, 2.45) is 11.0 Å². The third kappa shape index (κ3) is 2.62. The van der Waals surface area contributed by atoms with E-state index in [9.17, 15) is 0 Å². The molecular weight excluding hydrogens is 272 g/mol. The van der Waals surface area contributed by atoms with Gasteiger partial charge in [-0.25, -0.2) is 0 Å². The highest BCUT2D eigenvalue weighted by Crippen LogP contribution is 2.32. The fourth-order valence-corrected chi connectivity index (χ4v) is 3.46. The first-order valence-corrected chi connectivity index (χ1v) is 7.88. The number of likely N-dealkylation sites (tertiary alicyclic amines) is 1. The van der Waals surface area contributed by atoms with Crippen molar-refractivity contribution in [3.8, 4) is 0 Å². The molecule has 2 aliphatic heterocycles. The fraction of sp³-hybridized carbons (Fsp3) is 0.333. The van der Waals surface area contributed by atoms with Crippen molar-refractivity contribution in [3.63, 3.8) is 0 Å². The Hall–Kier alpha value is -2.20. The van der Waals surface area contributed by atoms with Crippen molar-refractivity contribution in [1.29, 1.82) is 0 Å². The zero-order valence-electron chi connectivity index (χ0n) is 12.5. The molecule has 2 aliphatic rings. The van der Waals surface area contributed by atoms with E-state index < -0.39 is 0 Å². The lowest BCUT2D eigenvalue weighted by atomic mass is 9.87. The summed E-state index contributed by atoms with van der Waals surface area (Å²) in [4.78, 5) is 6.79. The number of nitrogens with one attached hydrogen (secondary N) is 1. The van der Waals surface area contributed by atoms with Gasteiger partial charge in [-0.1, -0.05) is 36.4 Å². The molecule has 0 spiro atoms. The maximum atomic E-state index is 4.57. The van der Waals surface area contributed by atoms with E-state index in [0.29, 0.717) is 5.92 Å². The van der Waals surface area contributed by atoms with Crippen LogP contribution < -0.4 is 5.43 Å². The molecule has 1 fully saturated rings. The second kappa shape index (κ2) is 5.89. The molecule has 0 bridgehead atoms. The van der Waals surface area contributed by atoms with Gasteiger partial charge in [0, 0.05) is 50.1 Å². The van der Waals surface area contributed by atoms with E-state index >= 15 is 0 Å². The molecule has 0 radical (unpaired) electrons. The summed E-state index contributed by atoms with van der Waals surface area (Å²) in [5, 5.41) is 4.57. The third-order valence-electron chi connectivity index (χ3n) is 4.61. The largest absolute Gasteiger partial charge is 0.302 e. The Labute approximate surface area is 130 Å². The highest BCUT2D eigenvalue weighted by Gasteiger charge is 2.36. The summed E-state index contributed by atoms with van der Waals surface area (Å²) in [7, 11) is 0. The molecule has 0 amide bonds. The normalized spacial score (nSPS) is 24.5. The van der Waals surface area contributed by atoms with Gasteiger partial charge in [0.05, 0.1) is 6.04 Å². The summed E-state index contributed by atoms with van der Waals surface area (Å²) < 4.78 is 0. The van der Waals surface area contributed by atoms with Gasteiger partial charge in [0.25, 0.3) is 0 Å². The number of hydrogen-bond donors (Lipinski definition) is 1. The number of piperidine rings is 1. The molecule has 2 atom stereocenters. The van der Waals surface area contributed by atoms with Crippen LogP contribution in [0.4, 0.5) is 0 Å². The SMILES string of the molecule is c1ccc(CN2CCC3=NNC(c4cccnc4)C3C2)cc1. The lowest BCUT2D eigenvalue weighted by Crippen LogP contribution is -2.41. The number of benzene rings is 1. The Kier molecular flexibility index (Phi) is 3.60. The molecule has 2 aromatic rings. The lowest BCUT2D eigenvalue weighted by molar-refractivity contribution is 0.220. The van der Waals surface area contributed by atoms with E-state index in [2.05, 4.69) is 56.8 Å². The first-order valence-electron chi connectivity index (χ1n) is 7.88. The molecule has 112 valence electrons. The highest BCUT2D eigenvalue weighted by atomic mass is 15.4. The number of aromatic nitrogens is 1. The lowest BCUT2D eigenvalue weighted by Gasteiger charge is -2.33. The molecule has 4 rings (SSSR count). The fourth-order valence-electron chi connectivity index (χ4n) is 3.46. The minimum absolute atomic E-state index is 0.266. The molecule has 1 N–H and O–H groups in total. The number of fused-ring (bicyclic) bond motifs is 1. The average Bonchev–Trinajstić information content (AvgIpc) is 3.00. The number of hydrogen-bond acceptors (Lipinski definition) is 4. The van der Waals surface area contributed by atoms with E-state index in [-0.39, 0.29) is 6.04 Å². The second-order valence-corrected chi connectivity index (χ2v) is 6.07. The van der Waals surface area contributed by atoms with Crippen molar-refractivity contribution in [2.75, 3.05) is 13.1 Å². The van der Waals surface area contributed by atoms with Gasteiger partial charge >= 0.3 is 0 Å². The summed E-state index contributed by atoms with van der Waals surface area (Å²) in [6.07, 6.45) is 4.83. The minimum Gasteiger partial charge on any atom is -0.302 e. The van der Waals surface area contributed by atoms with Crippen LogP contribution in [0.1, 0.15) is 23.6 Å². The van der Waals surface area contributed by atoms with Crippen LogP contribution in [0.15, 0.2) is 60.0 Å². The van der Waals surface area contributed by atoms with Crippen LogP contribution in [0.3, 0.4) is 0 Å². The Balaban J connectivity index is 1.49. The molecule has 1 saturated heterocycles. The summed E-state index contributed by atoms with van der Waals surface area (Å²) in [5.74, 6) is 0.460. The van der Waals surface area contributed by atoms with E-state index in [1.54, 1.807) is 0 Å². The molecule has 3 heterocycles. The molecule has 0 aliphatic carbocycles. The molecule has 0 saturated carbocycles. The van der Waals surface area contributed by atoms with Crippen LogP contribution in [0.5, 0.6) is 0 Å². The van der Waals surface area contributed by atoms with Gasteiger partial charge in [0.1, 0.15) is 0 Å². The Bertz CT molecular complexity index is 653. The first-order chi connectivity index (χ1) is 10.9. The van der Waals surface area contributed by atoms with Crippen molar-refractivity contribution in [2.45, 2.75) is 19.0 Å². The van der Waals surface area contributed by atoms with Crippen molar-refractivity contribution in [3.05, 3.63) is 66.0 Å². The van der Waals surface area contributed by atoms with Gasteiger partial charge in [-0.15, -0.1) is 0 Å². The summed E-state index contributed by atoms with van der Waals surface area (Å²) in [6.45, 7) is 3.16. The predicted octanol–water partition coefficient (Wildman–Crippen LogP) is 2.60. The van der Waals surface area contributed by atoms with E-state index in [1.165, 1.54) is 16.8 Å². The number of pyridine rings is 1. The maximum absolute atomic E-state index is 4.57. The summed E-state index contributed by atoms with van der Waals surface area (Å²) in [5.41, 5.74) is 7.25. The van der Waals surface area contributed by atoms with Crippen molar-refractivity contribution >= 4 is 5.71 Å². The molecule has 1 aromatic heterocycles. The van der Waals surface area contributed by atoms with Gasteiger partial charge in [0.15, 0.2) is 0 Å². The van der Waals surface area contributed by atoms with Gasteiger partial charge in [-0.05, 0) is 17.2 Å². The van der Waals surface area contributed by atoms with Crippen molar-refractivity contribution in [1.82, 2.24) is 15.3 Å². The highest BCUT2D eigenvalue weighted by molar-refractivity contribution is 5.89. The van der Waals surface area contributed by atoms with E-state index in [0.717, 1.165) is 26.1 Å². The molecule has 2 unspecified atom stereocenters. The smallest absolute Gasteiger partial charge is 0.0797 e. The van der Waals surface area contributed by atoms with Crippen LogP contribution in [-0.2, 0) is 6.54 Å². The molecule has 1 aromatic carbocycles. The van der Waals surface area contributed by atoms with Crippen LogP contribution in [0, 0.1) is 5.92 Å². The summed E-state index contributed by atoms with van der Waals surface area (Å²) in [6, 6.07) is 15.1. The number of nitrogens with zero attached hydrogens (tertiary/aromatic N) is 3. The minimum atomic E-state index is 0.266. The Morgan fingerprint density at radius 3 is 2.86 bits per heavy atom. The summed E-state index contributed by atoms with van der Waals surface area (Å²) >= 11 is 0. The molecular formula is C18H20N4. The standard InChI is InChI=1S/C18H20N4/c1-2-5-14(6-3-1)12-22-10-8-17-16(13-22)18(21-20-17)15-7-4-9-19-11-15/h1-7,9,11,16,18,21H,8,10,12-13H2. The first kappa shape index (κ1) is 13.5. The van der Waals surface area contributed by atoms with Crippen LogP contribution >= 0.6 is 0 Å². The maximum Gasteiger partial charge on any atom is 0.0797 e. The van der Waals surface area contributed by atoms with E-state index in [4.69, 9.17) is 0 Å². The predicted molar refractivity (Wildman–Crippen MR) is 87.4 cm³/mol. The molecule has 4 heteroatoms. The van der Waals surface area contributed by atoms with Gasteiger partial charge in [-0.3, -0.25) is 9.88 Å². The number of hydrazone groups is 1. The van der Waals surface area contributed by atoms with Gasteiger partial charge < -0.3 is 5.43 Å². The van der Waals surface area contributed by atoms with Gasteiger partial charge in [0.2, 0.25) is 0 Å². The molecule has 22 heavy (non-hydrogen) atoms. The second-order valence-electron chi connectivity index (χ2n) is 6.07. The zero-order chi connectivity index (χ0) is 14.8. The third-order valence-corrected chi connectivity index (χ3v) is 4.61. The van der Waals surface area contributed by atoms with Crippen LogP contribution in [0.25, 0.3) is 0 Å². The van der Waals surface area contributed by atoms with Crippen molar-refractivity contribution < 1.29 is 0 Å². The quantitative estimate of drug-likeness (QED) is 0.945. The van der Waals surface area contributed by atoms with E-state index in [1.807, 2.05) is 18.5 Å². The van der Waals surface area contributed by atoms with Crippen LogP contribution in [0.2, 0.25) is 0 Å². The molecule has 4 nitrogen and oxygen atoms in total. The monoisotopic (exact) mass is 292 g/mol. The zero-order valence-corrected chi connectivity index (χ0v) is 12.5. The van der Waals surface area contributed by atoms with Gasteiger partial charge in [-0.2, -0.15) is 5.10 Å². The Morgan fingerprint density at radius 2 is 2.05 bits per heavy atom. The number of rotatable bonds is 3. The topological polar surface area (TPSA) is 40.5 Å². The average molecular weight is 292 g/mol. The Morgan fingerprint density at radius 1 is 1.14 bits per heavy atom. The van der Waals surface area contributed by atoms with Crippen LogP contribution in [-0.4, -0.2) is 28.7 Å².